The van der Waals surface area contributed by atoms with Gasteiger partial charge in [0.25, 0.3) is 0 Å². The standard InChI is InChI=1S/C12H13FN2OS/c1-8(16)6-7-11-14-15-12(17-11)9-4-2-3-5-10(9)13/h2-5,8,16H,6-7H2,1H3. The third-order valence-corrected chi connectivity index (χ3v) is 3.36. The van der Waals surface area contributed by atoms with Crippen LogP contribution in [0.25, 0.3) is 10.6 Å². The van der Waals surface area contributed by atoms with E-state index in [4.69, 9.17) is 0 Å². The number of aliphatic hydroxyl groups is 1. The van der Waals surface area contributed by atoms with Crippen molar-refractivity contribution in [3.8, 4) is 10.6 Å². The number of halogens is 1. The van der Waals surface area contributed by atoms with Crippen LogP contribution in [0, 0.1) is 5.82 Å². The molecule has 0 amide bonds. The van der Waals surface area contributed by atoms with Crippen molar-refractivity contribution < 1.29 is 9.50 Å². The summed E-state index contributed by atoms with van der Waals surface area (Å²) in [5.41, 5.74) is 0.480. The number of benzene rings is 1. The first-order valence-corrected chi connectivity index (χ1v) is 6.24. The number of aliphatic hydroxyl groups excluding tert-OH is 1. The van der Waals surface area contributed by atoms with E-state index in [9.17, 15) is 9.50 Å². The number of nitrogens with zero attached hydrogens (tertiary/aromatic N) is 2. The molecule has 0 aliphatic heterocycles. The van der Waals surface area contributed by atoms with Gasteiger partial charge in [-0.3, -0.25) is 0 Å². The average Bonchev–Trinajstić information content (AvgIpc) is 2.75. The second kappa shape index (κ2) is 5.33. The van der Waals surface area contributed by atoms with Gasteiger partial charge in [0.15, 0.2) is 5.01 Å². The average molecular weight is 252 g/mol. The molecule has 0 fully saturated rings. The zero-order valence-electron chi connectivity index (χ0n) is 9.43. The second-order valence-corrected chi connectivity index (χ2v) is 4.93. The lowest BCUT2D eigenvalue weighted by atomic mass is 10.2. The summed E-state index contributed by atoms with van der Waals surface area (Å²) >= 11 is 1.37. The van der Waals surface area contributed by atoms with Crippen LogP contribution in [-0.2, 0) is 6.42 Å². The van der Waals surface area contributed by atoms with Crippen molar-refractivity contribution in [1.82, 2.24) is 10.2 Å². The first-order valence-electron chi connectivity index (χ1n) is 5.42. The molecule has 3 nitrogen and oxygen atoms in total. The van der Waals surface area contributed by atoms with E-state index in [1.807, 2.05) is 0 Å². The molecule has 0 radical (unpaired) electrons. The molecule has 0 spiro atoms. The van der Waals surface area contributed by atoms with Gasteiger partial charge in [0.05, 0.1) is 6.10 Å². The zero-order chi connectivity index (χ0) is 12.3. The molecule has 0 aliphatic rings. The maximum absolute atomic E-state index is 13.5. The first kappa shape index (κ1) is 12.1. The Morgan fingerprint density at radius 1 is 1.35 bits per heavy atom. The summed E-state index contributed by atoms with van der Waals surface area (Å²) in [5.74, 6) is -0.286. The molecule has 0 bridgehead atoms. The van der Waals surface area contributed by atoms with Crippen molar-refractivity contribution in [3.05, 3.63) is 35.1 Å². The number of aromatic nitrogens is 2. The summed E-state index contributed by atoms with van der Waals surface area (Å²) in [4.78, 5) is 0. The van der Waals surface area contributed by atoms with Crippen molar-refractivity contribution in [2.45, 2.75) is 25.9 Å². The van der Waals surface area contributed by atoms with Crippen molar-refractivity contribution >= 4 is 11.3 Å². The fourth-order valence-electron chi connectivity index (χ4n) is 1.43. The van der Waals surface area contributed by atoms with Gasteiger partial charge in [-0.1, -0.05) is 23.5 Å². The highest BCUT2D eigenvalue weighted by molar-refractivity contribution is 7.14. The molecule has 2 aromatic rings. The van der Waals surface area contributed by atoms with E-state index in [-0.39, 0.29) is 11.9 Å². The molecule has 1 aromatic heterocycles. The minimum Gasteiger partial charge on any atom is -0.393 e. The lowest BCUT2D eigenvalue weighted by Gasteiger charge is -1.99. The Morgan fingerprint density at radius 2 is 2.12 bits per heavy atom. The van der Waals surface area contributed by atoms with Crippen LogP contribution < -0.4 is 0 Å². The summed E-state index contributed by atoms with van der Waals surface area (Å²) < 4.78 is 13.5. The third-order valence-electron chi connectivity index (χ3n) is 2.35. The molecule has 90 valence electrons. The van der Waals surface area contributed by atoms with Gasteiger partial charge in [-0.15, -0.1) is 10.2 Å². The van der Waals surface area contributed by atoms with E-state index in [0.29, 0.717) is 23.4 Å². The van der Waals surface area contributed by atoms with E-state index in [1.165, 1.54) is 17.4 Å². The van der Waals surface area contributed by atoms with Crippen LogP contribution in [0.1, 0.15) is 18.4 Å². The van der Waals surface area contributed by atoms with Crippen LogP contribution in [0.5, 0.6) is 0 Å². The Labute approximate surface area is 103 Å². The highest BCUT2D eigenvalue weighted by Crippen LogP contribution is 2.26. The van der Waals surface area contributed by atoms with Gasteiger partial charge >= 0.3 is 0 Å². The van der Waals surface area contributed by atoms with Crippen molar-refractivity contribution in [2.24, 2.45) is 0 Å². The highest BCUT2D eigenvalue weighted by Gasteiger charge is 2.10. The molecular formula is C12H13FN2OS. The lowest BCUT2D eigenvalue weighted by molar-refractivity contribution is 0.185. The molecule has 5 heteroatoms. The molecule has 0 saturated carbocycles. The summed E-state index contributed by atoms with van der Waals surface area (Å²) in [5, 5.41) is 18.6. The normalized spacial score (nSPS) is 12.6. The fourth-order valence-corrected chi connectivity index (χ4v) is 2.31. The Kier molecular flexibility index (Phi) is 3.81. The van der Waals surface area contributed by atoms with Gasteiger partial charge in [0, 0.05) is 12.0 Å². The summed E-state index contributed by atoms with van der Waals surface area (Å²) in [7, 11) is 0. The summed E-state index contributed by atoms with van der Waals surface area (Å²) in [6.07, 6.45) is 0.964. The van der Waals surface area contributed by atoms with E-state index in [0.717, 1.165) is 5.01 Å². The van der Waals surface area contributed by atoms with E-state index >= 15 is 0 Å². The van der Waals surface area contributed by atoms with Crippen LogP contribution in [0.3, 0.4) is 0 Å². The molecule has 17 heavy (non-hydrogen) atoms. The smallest absolute Gasteiger partial charge is 0.150 e. The van der Waals surface area contributed by atoms with Crippen LogP contribution in [0.15, 0.2) is 24.3 Å². The van der Waals surface area contributed by atoms with E-state index in [1.54, 1.807) is 25.1 Å². The number of hydrogen-bond acceptors (Lipinski definition) is 4. The summed E-state index contributed by atoms with van der Waals surface area (Å²) in [6, 6.07) is 6.52. The Balaban J connectivity index is 2.16. The first-order chi connectivity index (χ1) is 8.16. The van der Waals surface area contributed by atoms with Gasteiger partial charge in [-0.25, -0.2) is 4.39 Å². The predicted molar refractivity (Wildman–Crippen MR) is 65.3 cm³/mol. The Hall–Kier alpha value is -1.33. The fraction of sp³-hybridized carbons (Fsp3) is 0.333. The van der Waals surface area contributed by atoms with Crippen LogP contribution in [0.4, 0.5) is 4.39 Å². The Bertz CT molecular complexity index is 499. The molecule has 2 rings (SSSR count). The zero-order valence-corrected chi connectivity index (χ0v) is 10.2. The quantitative estimate of drug-likeness (QED) is 0.910. The third kappa shape index (κ3) is 3.08. The number of hydrogen-bond donors (Lipinski definition) is 1. The van der Waals surface area contributed by atoms with Crippen LogP contribution in [-0.4, -0.2) is 21.4 Å². The highest BCUT2D eigenvalue weighted by atomic mass is 32.1. The molecule has 1 unspecified atom stereocenters. The minimum atomic E-state index is -0.351. The van der Waals surface area contributed by atoms with E-state index < -0.39 is 0 Å². The van der Waals surface area contributed by atoms with Gasteiger partial charge in [-0.2, -0.15) is 0 Å². The topological polar surface area (TPSA) is 46.0 Å². The molecule has 0 aliphatic carbocycles. The van der Waals surface area contributed by atoms with E-state index in [2.05, 4.69) is 10.2 Å². The second-order valence-electron chi connectivity index (χ2n) is 3.87. The number of rotatable bonds is 4. The molecule has 1 heterocycles. The van der Waals surface area contributed by atoms with Gasteiger partial charge in [0.1, 0.15) is 10.8 Å². The van der Waals surface area contributed by atoms with Gasteiger partial charge < -0.3 is 5.11 Å². The summed E-state index contributed by atoms with van der Waals surface area (Å²) in [6.45, 7) is 1.73. The minimum absolute atomic E-state index is 0.286. The molecule has 0 saturated heterocycles. The van der Waals surface area contributed by atoms with Crippen LogP contribution >= 0.6 is 11.3 Å². The molecule has 1 aromatic carbocycles. The van der Waals surface area contributed by atoms with Gasteiger partial charge in [0.2, 0.25) is 0 Å². The maximum Gasteiger partial charge on any atom is 0.150 e. The lowest BCUT2D eigenvalue weighted by Crippen LogP contribution is -2.00. The van der Waals surface area contributed by atoms with Crippen molar-refractivity contribution in [2.75, 3.05) is 0 Å². The monoisotopic (exact) mass is 252 g/mol. The van der Waals surface area contributed by atoms with Crippen molar-refractivity contribution in [3.63, 3.8) is 0 Å². The predicted octanol–water partition coefficient (Wildman–Crippen LogP) is 2.66. The van der Waals surface area contributed by atoms with Crippen LogP contribution in [0.2, 0.25) is 0 Å². The largest absolute Gasteiger partial charge is 0.393 e. The maximum atomic E-state index is 13.5. The number of aryl methyl sites for hydroxylation is 1. The van der Waals surface area contributed by atoms with Crippen molar-refractivity contribution in [1.29, 1.82) is 0 Å². The SMILES string of the molecule is CC(O)CCc1nnc(-c2ccccc2F)s1. The molecule has 1 atom stereocenters. The van der Waals surface area contributed by atoms with Gasteiger partial charge in [-0.05, 0) is 25.5 Å². The Morgan fingerprint density at radius 3 is 2.82 bits per heavy atom. The molecular weight excluding hydrogens is 239 g/mol. The molecule has 1 N–H and O–H groups in total.